The zero-order valence-electron chi connectivity index (χ0n) is 13.8. The summed E-state index contributed by atoms with van der Waals surface area (Å²) >= 11 is 0. The van der Waals surface area contributed by atoms with Crippen LogP contribution < -0.4 is 15.4 Å². The van der Waals surface area contributed by atoms with Crippen LogP contribution in [0.4, 0.5) is 4.39 Å². The third-order valence-electron chi connectivity index (χ3n) is 3.66. The molecule has 2 N–H and O–H groups in total. The highest BCUT2D eigenvalue weighted by Crippen LogP contribution is 2.12. The van der Waals surface area contributed by atoms with Crippen molar-refractivity contribution in [2.24, 2.45) is 0 Å². The monoisotopic (exact) mass is 330 g/mol. The molecular formula is C19H23FN2O2. The van der Waals surface area contributed by atoms with E-state index >= 15 is 0 Å². The predicted octanol–water partition coefficient (Wildman–Crippen LogP) is 2.33. The highest BCUT2D eigenvalue weighted by atomic mass is 19.1. The van der Waals surface area contributed by atoms with Crippen LogP contribution in [0.2, 0.25) is 0 Å². The zero-order chi connectivity index (χ0) is 17.2. The van der Waals surface area contributed by atoms with Gasteiger partial charge in [-0.15, -0.1) is 0 Å². The molecule has 0 heterocycles. The van der Waals surface area contributed by atoms with Gasteiger partial charge in [0.1, 0.15) is 11.6 Å². The minimum Gasteiger partial charge on any atom is -0.497 e. The maximum Gasteiger partial charge on any atom is 0.233 e. The first-order valence-electron chi connectivity index (χ1n) is 8.02. The molecule has 0 aromatic heterocycles. The molecule has 4 nitrogen and oxygen atoms in total. The van der Waals surface area contributed by atoms with Crippen molar-refractivity contribution in [2.75, 3.05) is 26.7 Å². The molecule has 0 spiro atoms. The second-order valence-electron chi connectivity index (χ2n) is 5.50. The van der Waals surface area contributed by atoms with Crippen molar-refractivity contribution in [3.05, 3.63) is 65.5 Å². The number of rotatable bonds is 9. The van der Waals surface area contributed by atoms with Gasteiger partial charge < -0.3 is 15.4 Å². The van der Waals surface area contributed by atoms with E-state index in [1.165, 1.54) is 17.7 Å². The number of benzene rings is 2. The van der Waals surface area contributed by atoms with Crippen molar-refractivity contribution in [2.45, 2.75) is 12.8 Å². The van der Waals surface area contributed by atoms with Crippen LogP contribution in [0.1, 0.15) is 11.1 Å². The van der Waals surface area contributed by atoms with E-state index in [1.54, 1.807) is 19.2 Å². The highest BCUT2D eigenvalue weighted by molar-refractivity contribution is 5.77. The van der Waals surface area contributed by atoms with E-state index in [2.05, 4.69) is 10.6 Å². The van der Waals surface area contributed by atoms with Crippen LogP contribution >= 0.6 is 0 Å². The minimum absolute atomic E-state index is 0.0391. The molecule has 0 fully saturated rings. The number of amides is 1. The summed E-state index contributed by atoms with van der Waals surface area (Å²) < 4.78 is 18.0. The summed E-state index contributed by atoms with van der Waals surface area (Å²) in [6, 6.07) is 14.2. The van der Waals surface area contributed by atoms with E-state index in [1.807, 2.05) is 24.3 Å². The maximum atomic E-state index is 12.8. The summed E-state index contributed by atoms with van der Waals surface area (Å²) in [5.74, 6) is 0.553. The molecule has 128 valence electrons. The summed E-state index contributed by atoms with van der Waals surface area (Å²) in [6.07, 6.45) is 1.52. The van der Waals surface area contributed by atoms with E-state index in [4.69, 9.17) is 4.74 Å². The molecule has 1 amide bonds. The molecule has 2 aromatic carbocycles. The first kappa shape index (κ1) is 17.9. The molecule has 0 radical (unpaired) electrons. The summed E-state index contributed by atoms with van der Waals surface area (Å²) in [6.45, 7) is 1.55. The molecule has 0 saturated carbocycles. The van der Waals surface area contributed by atoms with E-state index < -0.39 is 0 Å². The second kappa shape index (κ2) is 9.67. The zero-order valence-corrected chi connectivity index (χ0v) is 13.8. The van der Waals surface area contributed by atoms with Gasteiger partial charge in [0.2, 0.25) is 5.91 Å². The van der Waals surface area contributed by atoms with Crippen molar-refractivity contribution in [1.82, 2.24) is 10.6 Å². The Bertz CT molecular complexity index is 644. The number of halogens is 1. The van der Waals surface area contributed by atoms with Crippen LogP contribution in [-0.4, -0.2) is 32.7 Å². The Morgan fingerprint density at radius 1 is 1.04 bits per heavy atom. The number of ether oxygens (including phenoxy) is 1. The Morgan fingerprint density at radius 3 is 2.54 bits per heavy atom. The topological polar surface area (TPSA) is 50.4 Å². The van der Waals surface area contributed by atoms with Gasteiger partial charge in [-0.25, -0.2) is 4.39 Å². The van der Waals surface area contributed by atoms with Gasteiger partial charge in [-0.1, -0.05) is 24.3 Å². The normalized spacial score (nSPS) is 10.4. The molecule has 0 atom stereocenters. The molecule has 5 heteroatoms. The lowest BCUT2D eigenvalue weighted by Gasteiger charge is -2.08. The van der Waals surface area contributed by atoms with E-state index in [0.717, 1.165) is 24.3 Å². The van der Waals surface area contributed by atoms with Gasteiger partial charge in [0.15, 0.2) is 0 Å². The van der Waals surface area contributed by atoms with Gasteiger partial charge in [-0.05, 0) is 54.8 Å². The Balaban J connectivity index is 1.58. The molecule has 0 unspecified atom stereocenters. The van der Waals surface area contributed by atoms with Crippen LogP contribution in [0.25, 0.3) is 0 Å². The first-order chi connectivity index (χ1) is 11.7. The SMILES string of the molecule is COc1cccc(CCNCC(=O)NCCc2ccc(F)cc2)c1. The van der Waals surface area contributed by atoms with Gasteiger partial charge in [-0.3, -0.25) is 4.79 Å². The lowest BCUT2D eigenvalue weighted by Crippen LogP contribution is -2.35. The molecule has 2 rings (SSSR count). The Morgan fingerprint density at radius 2 is 1.79 bits per heavy atom. The fraction of sp³-hybridized carbons (Fsp3) is 0.316. The number of methoxy groups -OCH3 is 1. The smallest absolute Gasteiger partial charge is 0.233 e. The van der Waals surface area contributed by atoms with Gasteiger partial charge in [0.25, 0.3) is 0 Å². The van der Waals surface area contributed by atoms with Crippen LogP contribution in [0, 0.1) is 5.82 Å². The van der Waals surface area contributed by atoms with Crippen molar-refractivity contribution in [1.29, 1.82) is 0 Å². The third kappa shape index (κ3) is 6.38. The fourth-order valence-electron chi connectivity index (χ4n) is 2.32. The van der Waals surface area contributed by atoms with Crippen LogP contribution in [-0.2, 0) is 17.6 Å². The maximum absolute atomic E-state index is 12.8. The molecule has 0 aliphatic rings. The third-order valence-corrected chi connectivity index (χ3v) is 3.66. The molecule has 0 bridgehead atoms. The lowest BCUT2D eigenvalue weighted by molar-refractivity contribution is -0.120. The van der Waals surface area contributed by atoms with Crippen LogP contribution in [0.15, 0.2) is 48.5 Å². The Kier molecular flexibility index (Phi) is 7.23. The van der Waals surface area contributed by atoms with Crippen molar-refractivity contribution >= 4 is 5.91 Å². The molecule has 0 aliphatic heterocycles. The largest absolute Gasteiger partial charge is 0.497 e. The minimum atomic E-state index is -0.247. The van der Waals surface area contributed by atoms with E-state index in [9.17, 15) is 9.18 Å². The van der Waals surface area contributed by atoms with Crippen LogP contribution in [0.5, 0.6) is 5.75 Å². The molecule has 2 aromatic rings. The summed E-state index contributed by atoms with van der Waals surface area (Å²) in [7, 11) is 1.65. The second-order valence-corrected chi connectivity index (χ2v) is 5.50. The highest BCUT2D eigenvalue weighted by Gasteiger charge is 2.01. The predicted molar refractivity (Wildman–Crippen MR) is 92.7 cm³/mol. The summed E-state index contributed by atoms with van der Waals surface area (Å²) in [5, 5.41) is 5.97. The number of carbonyl (C=O) groups excluding carboxylic acids is 1. The Labute approximate surface area is 142 Å². The molecule has 0 saturated heterocycles. The van der Waals surface area contributed by atoms with Gasteiger partial charge >= 0.3 is 0 Å². The quantitative estimate of drug-likeness (QED) is 0.694. The van der Waals surface area contributed by atoms with Crippen molar-refractivity contribution < 1.29 is 13.9 Å². The van der Waals surface area contributed by atoms with Crippen molar-refractivity contribution in [3.8, 4) is 5.75 Å². The number of nitrogens with one attached hydrogen (secondary N) is 2. The number of hydrogen-bond donors (Lipinski definition) is 2. The Hall–Kier alpha value is -2.40. The van der Waals surface area contributed by atoms with E-state index in [0.29, 0.717) is 13.0 Å². The average Bonchev–Trinajstić information content (AvgIpc) is 2.61. The standard InChI is InChI=1S/C19H23FN2O2/c1-24-18-4-2-3-16(13-18)9-11-21-14-19(23)22-12-10-15-5-7-17(20)8-6-15/h2-8,13,21H,9-12,14H2,1H3,(H,22,23). The van der Waals surface area contributed by atoms with E-state index in [-0.39, 0.29) is 18.3 Å². The number of carbonyl (C=O) groups is 1. The van der Waals surface area contributed by atoms with Gasteiger partial charge in [0, 0.05) is 6.54 Å². The molecular weight excluding hydrogens is 307 g/mol. The molecule has 24 heavy (non-hydrogen) atoms. The van der Waals surface area contributed by atoms with Gasteiger partial charge in [-0.2, -0.15) is 0 Å². The average molecular weight is 330 g/mol. The lowest BCUT2D eigenvalue weighted by atomic mass is 10.1. The summed E-state index contributed by atoms with van der Waals surface area (Å²) in [5.41, 5.74) is 2.17. The fourth-order valence-corrected chi connectivity index (χ4v) is 2.32. The van der Waals surface area contributed by atoms with Crippen LogP contribution in [0.3, 0.4) is 0 Å². The summed E-state index contributed by atoms with van der Waals surface area (Å²) in [4.78, 5) is 11.7. The first-order valence-corrected chi connectivity index (χ1v) is 8.02. The number of hydrogen-bond acceptors (Lipinski definition) is 3. The van der Waals surface area contributed by atoms with Crippen molar-refractivity contribution in [3.63, 3.8) is 0 Å². The molecule has 0 aliphatic carbocycles. The van der Waals surface area contributed by atoms with Gasteiger partial charge in [0.05, 0.1) is 13.7 Å².